The van der Waals surface area contributed by atoms with Gasteiger partial charge in [0.05, 0.1) is 38.2 Å². The summed E-state index contributed by atoms with van der Waals surface area (Å²) >= 11 is 0. The van der Waals surface area contributed by atoms with E-state index in [9.17, 15) is 0 Å². The summed E-state index contributed by atoms with van der Waals surface area (Å²) in [4.78, 5) is 4.07. The van der Waals surface area contributed by atoms with Crippen LogP contribution in [0.2, 0.25) is 0 Å². The molecule has 15 heavy (non-hydrogen) atoms. The maximum Gasteiger partial charge on any atom is 0.0830 e. The Kier molecular flexibility index (Phi) is 5.35. The topological polar surface area (TPSA) is 69.0 Å². The lowest BCUT2D eigenvalue weighted by atomic mass is 10.4. The van der Waals surface area contributed by atoms with Crippen molar-refractivity contribution < 1.29 is 10.2 Å². The highest BCUT2D eigenvalue weighted by Crippen LogP contribution is 1.92. The molecule has 0 saturated heterocycles. The van der Waals surface area contributed by atoms with Crippen molar-refractivity contribution in [1.29, 1.82) is 0 Å². The van der Waals surface area contributed by atoms with Crippen LogP contribution in [0.4, 0.5) is 0 Å². The summed E-state index contributed by atoms with van der Waals surface area (Å²) in [5.74, 6) is 0. The van der Waals surface area contributed by atoms with Gasteiger partial charge in [-0.15, -0.1) is 0 Å². The number of nitrogens with zero attached hydrogens (tertiary/aromatic N) is 3. The molecule has 5 heteroatoms. The molecule has 1 aromatic heterocycles. The van der Waals surface area contributed by atoms with E-state index in [1.165, 1.54) is 0 Å². The fraction of sp³-hybridized carbons (Fsp3) is 0.400. The highest BCUT2D eigenvalue weighted by molar-refractivity contribution is 5.76. The Hall–Kier alpha value is -1.46. The van der Waals surface area contributed by atoms with E-state index in [-0.39, 0.29) is 13.2 Å². The first-order valence-corrected chi connectivity index (χ1v) is 4.78. The predicted octanol–water partition coefficient (Wildman–Crippen LogP) is -0.298. The third-order valence-electron chi connectivity index (χ3n) is 1.76. The van der Waals surface area contributed by atoms with Gasteiger partial charge in [-0.25, -0.2) is 0 Å². The first-order chi connectivity index (χ1) is 7.36. The Bertz CT molecular complexity index is 284. The van der Waals surface area contributed by atoms with Crippen LogP contribution in [0, 0.1) is 0 Å². The Labute approximate surface area is 88.7 Å². The van der Waals surface area contributed by atoms with Gasteiger partial charge in [0.15, 0.2) is 0 Å². The number of aromatic nitrogens is 1. The molecular weight excluding hydrogens is 194 g/mol. The lowest BCUT2D eigenvalue weighted by molar-refractivity contribution is 0.166. The SMILES string of the molecule is OCCN(CCO)/N=C\c1ccccn1. The van der Waals surface area contributed by atoms with Crippen LogP contribution in [-0.2, 0) is 0 Å². The van der Waals surface area contributed by atoms with E-state index in [1.807, 2.05) is 18.2 Å². The van der Waals surface area contributed by atoms with Crippen LogP contribution in [0.25, 0.3) is 0 Å². The van der Waals surface area contributed by atoms with Crippen LogP contribution in [0.1, 0.15) is 5.69 Å². The summed E-state index contributed by atoms with van der Waals surface area (Å²) < 4.78 is 0. The number of aliphatic hydroxyl groups excluding tert-OH is 2. The van der Waals surface area contributed by atoms with Gasteiger partial charge < -0.3 is 10.2 Å². The third kappa shape index (κ3) is 4.53. The van der Waals surface area contributed by atoms with E-state index >= 15 is 0 Å². The zero-order valence-electron chi connectivity index (χ0n) is 8.45. The molecule has 0 bridgehead atoms. The standard InChI is InChI=1S/C10H15N3O2/c14-7-5-13(6-8-15)12-9-10-3-1-2-4-11-10/h1-4,9,14-15H,5-8H2/b12-9-. The van der Waals surface area contributed by atoms with E-state index in [0.717, 1.165) is 5.69 Å². The predicted molar refractivity (Wildman–Crippen MR) is 57.6 cm³/mol. The van der Waals surface area contributed by atoms with Gasteiger partial charge in [0.2, 0.25) is 0 Å². The molecule has 0 saturated carbocycles. The van der Waals surface area contributed by atoms with Gasteiger partial charge in [0.1, 0.15) is 0 Å². The van der Waals surface area contributed by atoms with E-state index in [0.29, 0.717) is 13.1 Å². The molecule has 0 radical (unpaired) electrons. The third-order valence-corrected chi connectivity index (χ3v) is 1.76. The smallest absolute Gasteiger partial charge is 0.0830 e. The van der Waals surface area contributed by atoms with Crippen molar-refractivity contribution >= 4 is 6.21 Å². The largest absolute Gasteiger partial charge is 0.394 e. The number of aliphatic hydroxyl groups is 2. The molecule has 0 aromatic carbocycles. The van der Waals surface area contributed by atoms with Crippen LogP contribution in [0.5, 0.6) is 0 Å². The second-order valence-corrected chi connectivity index (χ2v) is 2.90. The van der Waals surface area contributed by atoms with Crippen molar-refractivity contribution in [3.63, 3.8) is 0 Å². The molecule has 0 atom stereocenters. The van der Waals surface area contributed by atoms with Gasteiger partial charge in [0.25, 0.3) is 0 Å². The van der Waals surface area contributed by atoms with E-state index in [4.69, 9.17) is 10.2 Å². The number of hydrogen-bond acceptors (Lipinski definition) is 5. The quantitative estimate of drug-likeness (QED) is 0.498. The first kappa shape index (κ1) is 11.6. The molecule has 0 spiro atoms. The average molecular weight is 209 g/mol. The van der Waals surface area contributed by atoms with Crippen molar-refractivity contribution in [2.24, 2.45) is 5.10 Å². The monoisotopic (exact) mass is 209 g/mol. The molecule has 0 aliphatic rings. The fourth-order valence-electron chi connectivity index (χ4n) is 1.05. The molecule has 0 unspecified atom stereocenters. The Morgan fingerprint density at radius 1 is 1.27 bits per heavy atom. The maximum atomic E-state index is 8.75. The number of hydrogen-bond donors (Lipinski definition) is 2. The summed E-state index contributed by atoms with van der Waals surface area (Å²) in [5.41, 5.74) is 0.748. The van der Waals surface area contributed by atoms with Gasteiger partial charge in [0, 0.05) is 6.20 Å². The first-order valence-electron chi connectivity index (χ1n) is 4.78. The minimum atomic E-state index is 0.0135. The Morgan fingerprint density at radius 2 is 2.00 bits per heavy atom. The minimum Gasteiger partial charge on any atom is -0.394 e. The maximum absolute atomic E-state index is 8.75. The zero-order valence-corrected chi connectivity index (χ0v) is 8.45. The molecule has 1 aromatic rings. The van der Waals surface area contributed by atoms with Crippen molar-refractivity contribution in [3.05, 3.63) is 30.1 Å². The van der Waals surface area contributed by atoms with Crippen LogP contribution >= 0.6 is 0 Å². The van der Waals surface area contributed by atoms with Crippen LogP contribution in [-0.4, -0.2) is 52.7 Å². The van der Waals surface area contributed by atoms with E-state index in [1.54, 1.807) is 17.4 Å². The normalized spacial score (nSPS) is 10.8. The number of hydrazone groups is 1. The average Bonchev–Trinajstić information content (AvgIpc) is 2.28. The molecule has 0 aliphatic heterocycles. The van der Waals surface area contributed by atoms with Crippen LogP contribution in [0.15, 0.2) is 29.5 Å². The summed E-state index contributed by atoms with van der Waals surface area (Å²) in [5, 5.41) is 23.2. The molecule has 2 N–H and O–H groups in total. The van der Waals surface area contributed by atoms with Gasteiger partial charge in [-0.3, -0.25) is 9.99 Å². The van der Waals surface area contributed by atoms with Gasteiger partial charge in [-0.05, 0) is 12.1 Å². The van der Waals surface area contributed by atoms with Crippen molar-refractivity contribution in [2.45, 2.75) is 0 Å². The van der Waals surface area contributed by atoms with E-state index < -0.39 is 0 Å². The summed E-state index contributed by atoms with van der Waals surface area (Å²) in [6.45, 7) is 0.840. The summed E-state index contributed by atoms with van der Waals surface area (Å²) in [6, 6.07) is 5.53. The molecule has 1 rings (SSSR count). The lowest BCUT2D eigenvalue weighted by Crippen LogP contribution is -2.24. The second-order valence-electron chi connectivity index (χ2n) is 2.90. The van der Waals surface area contributed by atoms with Gasteiger partial charge in [-0.2, -0.15) is 5.10 Å². The lowest BCUT2D eigenvalue weighted by Gasteiger charge is -2.15. The van der Waals surface area contributed by atoms with Crippen LogP contribution in [0.3, 0.4) is 0 Å². The minimum absolute atomic E-state index is 0.0135. The Balaban J connectivity index is 2.53. The van der Waals surface area contributed by atoms with Gasteiger partial charge >= 0.3 is 0 Å². The molecular formula is C10H15N3O2. The second kappa shape index (κ2) is 6.92. The highest BCUT2D eigenvalue weighted by Gasteiger charge is 1.97. The molecule has 0 fully saturated rings. The number of pyridine rings is 1. The van der Waals surface area contributed by atoms with E-state index in [2.05, 4.69) is 10.1 Å². The Morgan fingerprint density at radius 3 is 2.53 bits per heavy atom. The van der Waals surface area contributed by atoms with Crippen molar-refractivity contribution in [2.75, 3.05) is 26.3 Å². The summed E-state index contributed by atoms with van der Waals surface area (Å²) in [7, 11) is 0. The zero-order chi connectivity index (χ0) is 10.9. The molecule has 1 heterocycles. The molecule has 0 aliphatic carbocycles. The highest BCUT2D eigenvalue weighted by atomic mass is 16.3. The van der Waals surface area contributed by atoms with Crippen molar-refractivity contribution in [1.82, 2.24) is 9.99 Å². The van der Waals surface area contributed by atoms with Crippen molar-refractivity contribution in [3.8, 4) is 0 Å². The molecule has 5 nitrogen and oxygen atoms in total. The van der Waals surface area contributed by atoms with Gasteiger partial charge in [-0.1, -0.05) is 6.07 Å². The molecule has 82 valence electrons. The fourth-order valence-corrected chi connectivity index (χ4v) is 1.05. The number of rotatable bonds is 6. The van der Waals surface area contributed by atoms with Crippen LogP contribution < -0.4 is 0 Å². The molecule has 0 amide bonds. The summed E-state index contributed by atoms with van der Waals surface area (Å²) in [6.07, 6.45) is 3.29.